The summed E-state index contributed by atoms with van der Waals surface area (Å²) in [5, 5.41) is 62.6. The average molecular weight is 1850 g/mol. The van der Waals surface area contributed by atoms with E-state index in [1.807, 2.05) is 13.8 Å². The second kappa shape index (κ2) is 51.3. The molecule has 132 heavy (non-hydrogen) atoms. The predicted octanol–water partition coefficient (Wildman–Crippen LogP) is -2.41. The van der Waals surface area contributed by atoms with Crippen LogP contribution >= 0.6 is 11.8 Å². The molecule has 0 saturated carbocycles. The number of aromatic nitrogens is 4. The Morgan fingerprint density at radius 2 is 1.12 bits per heavy atom. The number of guanidine groups is 1. The monoisotopic (exact) mass is 1850 g/mol. The molecular formula is C89H125N23O19S. The standard InChI is InChI=1S/C89H125N23O19S/c1-9-11-29-70-83(126)100-60(28-20-33-94-89(91)92)77(120)108-69(76(119)96-44-73(90)116)47-132-48-74(117)99-65(37-52-22-14-13-15-23-52)85(128)109(6)51(5)75(118)101-61(32-35-113)87(130)112-34-21-31-71(112)84(127)104-64(41-56-43-93-49-97-56)79(122)102-62(36-50(3)4)78(121)106-67(45-114)81(124)103-63(40-55-38-53-24-16-18-26-58(53)98-55)80(123)107-68(46-115)82(125)105-66(39-54-42-95-59-27-19-17-25-57(54)59)86(129)111(8)72(30-12-10-2)88(131)110(70)7/h13-19,22-27,35,38,42-43,49-51,60-72,95,98,114-115H,9-12,20-21,28-34,36-37,39-41,44-48H2,1-8H3,(H2,90,116)(H,93,97)(H,96,119)(H,99,117)(H,100,126)(H,101,118)(H,102,122)(H,103,124)(H,104,127)(H,105,125)(H,106,121)(H,107,123)(H,108,120)(H4,91,92,94)/t51-,60-,61-,62-,63-,64-,65-,66-,67-,68-,69-,70-,71-,72-/m0/s1. The molecule has 0 bridgehead atoms. The Labute approximate surface area is 768 Å². The molecule has 3 aromatic heterocycles. The van der Waals surface area contributed by atoms with Crippen LogP contribution in [0.2, 0.25) is 0 Å². The number of benzene rings is 3. The zero-order chi connectivity index (χ0) is 96.4. The number of nitrogens with zero attached hydrogens (tertiary/aromatic N) is 5. The molecule has 0 radical (unpaired) electrons. The van der Waals surface area contributed by atoms with Crippen molar-refractivity contribution in [2.45, 2.75) is 222 Å². The number of hydrogen-bond acceptors (Lipinski definition) is 22. The number of aliphatic hydroxyl groups is 2. The number of rotatable bonds is 27. The van der Waals surface area contributed by atoms with Gasteiger partial charge in [-0.2, -0.15) is 0 Å². The number of para-hydroxylation sites is 2. The van der Waals surface area contributed by atoms with Crippen molar-refractivity contribution in [1.82, 2.24) is 103 Å². The molecule has 8 rings (SSSR count). The van der Waals surface area contributed by atoms with E-state index in [2.05, 4.69) is 83.7 Å². The van der Waals surface area contributed by atoms with E-state index in [0.717, 1.165) is 31.4 Å². The number of primary amides is 1. The van der Waals surface area contributed by atoms with Crippen molar-refractivity contribution >= 4 is 140 Å². The molecule has 14 atom stereocenters. The Bertz CT molecular complexity index is 4980. The van der Waals surface area contributed by atoms with Crippen molar-refractivity contribution in [1.29, 1.82) is 5.41 Å². The van der Waals surface area contributed by atoms with E-state index >= 15 is 24.0 Å². The van der Waals surface area contributed by atoms with Crippen molar-refractivity contribution in [3.63, 3.8) is 0 Å². The molecular weight excluding hydrogens is 1730 g/mol. The first-order valence-electron chi connectivity index (χ1n) is 44.2. The summed E-state index contributed by atoms with van der Waals surface area (Å²) in [6.07, 6.45) is 4.60. The number of aliphatic hydroxyl groups excluding tert-OH is 2. The van der Waals surface area contributed by atoms with Crippen LogP contribution in [0.25, 0.3) is 21.8 Å². The van der Waals surface area contributed by atoms with Gasteiger partial charge in [0, 0.05) is 112 Å². The Hall–Kier alpha value is -13.3. The van der Waals surface area contributed by atoms with Crippen molar-refractivity contribution in [2.24, 2.45) is 17.4 Å². The molecule has 716 valence electrons. The normalized spacial score (nSPS) is 24.0. The fourth-order valence-corrected chi connectivity index (χ4v) is 16.5. The molecule has 3 aromatic carbocycles. The number of imidazole rings is 1. The number of H-pyrrole nitrogens is 3. The van der Waals surface area contributed by atoms with Gasteiger partial charge >= 0.3 is 0 Å². The zero-order valence-corrected chi connectivity index (χ0v) is 76.3. The van der Waals surface area contributed by atoms with Crippen LogP contribution in [-0.2, 0) is 107 Å². The van der Waals surface area contributed by atoms with Crippen LogP contribution in [0, 0.1) is 11.3 Å². The SMILES string of the molecule is CCCC[C@H]1C(=O)N(C)[C@@H](CCCC)C(=O)N[C@@H](CCCNC(=N)N)C(=O)N[C@H](C(=O)NCC(N)=O)CSCC(=O)N[C@@H](Cc2ccccc2)C(=O)N(C)[C@@H](C)C(=O)N[C@@H](CC=O)C(=O)N2CCC[C@H]2C(=O)N[C@@H](Cc2cnc[nH]2)C(=O)N[C@@H](CC(C)C)C(=O)N[C@@H](CO)C(=O)N[C@@H](Cc2cc3ccccc3[nH]2)C(=O)N[C@@H](CO)C(=O)N[C@@H](Cc2c[nH]c3ccccc23)C(=O)N1C. The number of fused-ring (bicyclic) bond motifs is 3. The number of likely N-dealkylation sites (N-methyl/N-ethyl adjacent to an activating group) is 3. The predicted molar refractivity (Wildman–Crippen MR) is 488 cm³/mol. The smallest absolute Gasteiger partial charge is 0.246 e. The van der Waals surface area contributed by atoms with Crippen LogP contribution in [-0.4, -0.2) is 307 Å². The summed E-state index contributed by atoms with van der Waals surface area (Å²) in [5.41, 5.74) is 14.1. The molecule has 2 aliphatic rings. The second-order valence-corrected chi connectivity index (χ2v) is 34.4. The lowest BCUT2D eigenvalue weighted by atomic mass is 10.00. The Balaban J connectivity index is 1.18. The third-order valence-electron chi connectivity index (χ3n) is 23.0. The Kier molecular flexibility index (Phi) is 40.5. The van der Waals surface area contributed by atoms with E-state index in [-0.39, 0.29) is 89.6 Å². The van der Waals surface area contributed by atoms with E-state index in [4.69, 9.17) is 16.9 Å². The first-order chi connectivity index (χ1) is 63.1. The molecule has 22 N–H and O–H groups in total. The number of amides is 16. The zero-order valence-electron chi connectivity index (χ0n) is 75.4. The first kappa shape index (κ1) is 104. The molecule has 2 fully saturated rings. The molecule has 0 spiro atoms. The van der Waals surface area contributed by atoms with Gasteiger partial charge in [-0.05, 0) is 92.5 Å². The molecule has 6 aromatic rings. The summed E-state index contributed by atoms with van der Waals surface area (Å²) in [6.45, 7) is 5.45. The highest BCUT2D eigenvalue weighted by atomic mass is 32.2. The highest BCUT2D eigenvalue weighted by Gasteiger charge is 2.44. The first-order valence-corrected chi connectivity index (χ1v) is 45.4. The molecule has 43 heteroatoms. The lowest BCUT2D eigenvalue weighted by Crippen LogP contribution is -2.62. The van der Waals surface area contributed by atoms with Gasteiger partial charge in [-0.3, -0.25) is 82.1 Å². The van der Waals surface area contributed by atoms with Gasteiger partial charge in [-0.15, -0.1) is 11.8 Å². The molecule has 0 aliphatic carbocycles. The van der Waals surface area contributed by atoms with Gasteiger partial charge in [-0.25, -0.2) is 4.98 Å². The summed E-state index contributed by atoms with van der Waals surface area (Å²) in [6, 6.07) is 2.42. The number of nitrogens with two attached hydrogens (primary N) is 2. The fourth-order valence-electron chi connectivity index (χ4n) is 15.6. The van der Waals surface area contributed by atoms with Gasteiger partial charge in [0.1, 0.15) is 90.9 Å². The summed E-state index contributed by atoms with van der Waals surface area (Å²) in [5.74, 6) is -16.7. The lowest BCUT2D eigenvalue weighted by molar-refractivity contribution is -0.149. The summed E-state index contributed by atoms with van der Waals surface area (Å²) in [4.78, 5) is 265. The van der Waals surface area contributed by atoms with Crippen LogP contribution in [0.5, 0.6) is 0 Å². The maximum Gasteiger partial charge on any atom is 0.246 e. The van der Waals surface area contributed by atoms with Crippen LogP contribution in [0.3, 0.4) is 0 Å². The van der Waals surface area contributed by atoms with E-state index in [0.29, 0.717) is 76.3 Å². The van der Waals surface area contributed by atoms with Crippen LogP contribution < -0.4 is 75.3 Å². The fraction of sp³-hybridized carbons (Fsp3) is 0.517. The van der Waals surface area contributed by atoms with Crippen molar-refractivity contribution in [2.75, 3.05) is 65.5 Å². The number of unbranched alkanes of at least 4 members (excludes halogenated alkanes) is 2. The van der Waals surface area contributed by atoms with Gasteiger partial charge in [0.05, 0.1) is 31.8 Å². The molecule has 16 amide bonds. The summed E-state index contributed by atoms with van der Waals surface area (Å²) in [7, 11) is 3.95. The number of hydrogen-bond donors (Lipinski definition) is 20. The number of aromatic amines is 3. The highest BCUT2D eigenvalue weighted by molar-refractivity contribution is 8.00. The van der Waals surface area contributed by atoms with E-state index < -0.39 is 223 Å². The Morgan fingerprint density at radius 3 is 1.74 bits per heavy atom. The van der Waals surface area contributed by atoms with Crippen LogP contribution in [0.1, 0.15) is 134 Å². The minimum atomic E-state index is -1.90. The molecule has 42 nitrogen and oxygen atoms in total. The minimum Gasteiger partial charge on any atom is -0.394 e. The maximum atomic E-state index is 15.7. The number of nitrogens with one attached hydrogen (secondary N) is 16. The van der Waals surface area contributed by atoms with Gasteiger partial charge in [0.15, 0.2) is 5.96 Å². The lowest BCUT2D eigenvalue weighted by Gasteiger charge is -2.36. The number of carbonyl (C=O) groups is 17. The number of thioether (sulfide) groups is 1. The molecule has 2 aliphatic heterocycles. The number of aldehydes is 1. The van der Waals surface area contributed by atoms with Gasteiger partial charge in [0.2, 0.25) is 94.5 Å². The van der Waals surface area contributed by atoms with Crippen LogP contribution in [0.15, 0.2) is 104 Å². The summed E-state index contributed by atoms with van der Waals surface area (Å²) < 4.78 is 0. The quantitative estimate of drug-likeness (QED) is 0.0111. The minimum absolute atomic E-state index is 0.00169. The van der Waals surface area contributed by atoms with Crippen molar-refractivity contribution in [3.05, 3.63) is 126 Å². The van der Waals surface area contributed by atoms with Crippen molar-refractivity contribution < 1.29 is 91.7 Å². The van der Waals surface area contributed by atoms with E-state index in [1.165, 1.54) is 40.6 Å². The van der Waals surface area contributed by atoms with E-state index in [1.54, 1.807) is 105 Å². The third kappa shape index (κ3) is 30.1. The van der Waals surface area contributed by atoms with Crippen LogP contribution in [0.4, 0.5) is 0 Å². The van der Waals surface area contributed by atoms with E-state index in [9.17, 15) is 67.7 Å². The van der Waals surface area contributed by atoms with Gasteiger partial charge < -0.3 is 125 Å². The number of carbonyl (C=O) groups excluding carboxylic acids is 17. The Morgan fingerprint density at radius 1 is 0.568 bits per heavy atom. The summed E-state index contributed by atoms with van der Waals surface area (Å²) >= 11 is 0.798. The molecule has 5 heterocycles. The topological polar surface area (TPSA) is 624 Å². The largest absolute Gasteiger partial charge is 0.394 e. The van der Waals surface area contributed by atoms with Gasteiger partial charge in [-0.1, -0.05) is 120 Å². The molecule has 0 unspecified atom stereocenters. The third-order valence-corrected chi connectivity index (χ3v) is 24.1. The molecule has 2 saturated heterocycles. The average Bonchev–Trinajstić information content (AvgIpc) is 1.15. The maximum absolute atomic E-state index is 15.7. The second-order valence-electron chi connectivity index (χ2n) is 33.4. The van der Waals surface area contributed by atoms with Crippen molar-refractivity contribution in [3.8, 4) is 0 Å². The van der Waals surface area contributed by atoms with Gasteiger partial charge in [0.25, 0.3) is 0 Å². The highest BCUT2D eigenvalue weighted by Crippen LogP contribution is 2.26.